The number of halogens is 2. The van der Waals surface area contributed by atoms with Crippen LogP contribution in [0.1, 0.15) is 16.7 Å². The molecule has 0 aliphatic rings. The molecule has 2 aromatic carbocycles. The molecular formula is C15H15ClFNO. The molecule has 2 nitrogen and oxygen atoms in total. The first kappa shape index (κ1) is 14.0. The van der Waals surface area contributed by atoms with Crippen LogP contribution in [-0.2, 0) is 24.5 Å². The van der Waals surface area contributed by atoms with Crippen molar-refractivity contribution < 1.29 is 9.13 Å². The van der Waals surface area contributed by atoms with Gasteiger partial charge < -0.3 is 10.5 Å². The van der Waals surface area contributed by atoms with Crippen molar-refractivity contribution >= 4 is 11.6 Å². The SMILES string of the molecule is NCc1cc(F)cc(COCc2cccc(Cl)c2)c1. The number of nitrogens with two attached hydrogens (primary N) is 1. The standard InChI is InChI=1S/C15H15ClFNO/c16-14-3-1-2-11(5-14)9-19-10-13-4-12(8-18)6-15(17)7-13/h1-7H,8-10,18H2. The lowest BCUT2D eigenvalue weighted by atomic mass is 10.1. The van der Waals surface area contributed by atoms with Crippen LogP contribution >= 0.6 is 11.6 Å². The molecule has 0 radical (unpaired) electrons. The Morgan fingerprint density at radius 3 is 2.47 bits per heavy atom. The van der Waals surface area contributed by atoms with E-state index in [9.17, 15) is 4.39 Å². The highest BCUT2D eigenvalue weighted by Crippen LogP contribution is 2.14. The first-order valence-electron chi connectivity index (χ1n) is 5.98. The maximum absolute atomic E-state index is 13.3. The van der Waals surface area contributed by atoms with Crippen molar-refractivity contribution in [2.24, 2.45) is 5.73 Å². The van der Waals surface area contributed by atoms with E-state index in [1.807, 2.05) is 30.3 Å². The van der Waals surface area contributed by atoms with Crippen LogP contribution in [0.25, 0.3) is 0 Å². The third-order valence-electron chi connectivity index (χ3n) is 2.68. The average molecular weight is 280 g/mol. The van der Waals surface area contributed by atoms with E-state index >= 15 is 0 Å². The predicted molar refractivity (Wildman–Crippen MR) is 74.2 cm³/mol. The fourth-order valence-corrected chi connectivity index (χ4v) is 2.04. The molecule has 2 aromatic rings. The molecule has 100 valence electrons. The summed E-state index contributed by atoms with van der Waals surface area (Å²) in [7, 11) is 0. The molecule has 0 bridgehead atoms. The predicted octanol–water partition coefficient (Wildman–Crippen LogP) is 3.65. The minimum Gasteiger partial charge on any atom is -0.372 e. The minimum absolute atomic E-state index is 0.288. The van der Waals surface area contributed by atoms with Gasteiger partial charge in [-0.3, -0.25) is 0 Å². The second-order valence-corrected chi connectivity index (χ2v) is 4.73. The summed E-state index contributed by atoms with van der Waals surface area (Å²) in [5, 5.41) is 0.678. The molecule has 0 aliphatic heterocycles. The largest absolute Gasteiger partial charge is 0.372 e. The highest BCUT2D eigenvalue weighted by atomic mass is 35.5. The Labute approximate surface area is 117 Å². The number of hydrogen-bond donors (Lipinski definition) is 1. The van der Waals surface area contributed by atoms with Crippen molar-refractivity contribution in [3.8, 4) is 0 Å². The van der Waals surface area contributed by atoms with Gasteiger partial charge in [-0.25, -0.2) is 4.39 Å². The van der Waals surface area contributed by atoms with Gasteiger partial charge in [0.1, 0.15) is 5.82 Å². The van der Waals surface area contributed by atoms with Crippen molar-refractivity contribution in [1.82, 2.24) is 0 Å². The highest BCUT2D eigenvalue weighted by Gasteiger charge is 2.01. The maximum Gasteiger partial charge on any atom is 0.123 e. The molecule has 0 aromatic heterocycles. The third kappa shape index (κ3) is 4.31. The lowest BCUT2D eigenvalue weighted by Crippen LogP contribution is -2.00. The van der Waals surface area contributed by atoms with E-state index < -0.39 is 0 Å². The molecule has 0 heterocycles. The second kappa shape index (κ2) is 6.66. The molecule has 0 atom stereocenters. The maximum atomic E-state index is 13.3. The number of ether oxygens (including phenoxy) is 1. The van der Waals surface area contributed by atoms with Crippen LogP contribution in [0, 0.1) is 5.82 Å². The summed E-state index contributed by atoms with van der Waals surface area (Å²) in [5.74, 6) is -0.288. The van der Waals surface area contributed by atoms with Crippen LogP contribution in [0.15, 0.2) is 42.5 Å². The minimum atomic E-state index is -0.288. The zero-order valence-corrected chi connectivity index (χ0v) is 11.2. The number of hydrogen-bond acceptors (Lipinski definition) is 2. The van der Waals surface area contributed by atoms with E-state index in [2.05, 4.69) is 0 Å². The van der Waals surface area contributed by atoms with E-state index in [0.717, 1.165) is 16.7 Å². The fourth-order valence-electron chi connectivity index (χ4n) is 1.83. The lowest BCUT2D eigenvalue weighted by Gasteiger charge is -2.07. The van der Waals surface area contributed by atoms with Gasteiger partial charge in [-0.05, 0) is 41.0 Å². The summed E-state index contributed by atoms with van der Waals surface area (Å²) in [6.07, 6.45) is 0. The van der Waals surface area contributed by atoms with E-state index in [-0.39, 0.29) is 5.82 Å². The molecule has 0 fully saturated rings. The van der Waals surface area contributed by atoms with Crippen LogP contribution in [0.4, 0.5) is 4.39 Å². The van der Waals surface area contributed by atoms with Gasteiger partial charge in [0.05, 0.1) is 13.2 Å². The lowest BCUT2D eigenvalue weighted by molar-refractivity contribution is 0.107. The van der Waals surface area contributed by atoms with Crippen LogP contribution in [0.2, 0.25) is 5.02 Å². The van der Waals surface area contributed by atoms with Gasteiger partial charge in [0, 0.05) is 11.6 Å². The Hall–Kier alpha value is -1.42. The Kier molecular flexibility index (Phi) is 4.91. The van der Waals surface area contributed by atoms with E-state index in [0.29, 0.717) is 24.8 Å². The Morgan fingerprint density at radius 2 is 1.74 bits per heavy atom. The molecule has 2 N–H and O–H groups in total. The molecule has 0 aliphatic carbocycles. The van der Waals surface area contributed by atoms with Crippen molar-refractivity contribution in [1.29, 1.82) is 0 Å². The monoisotopic (exact) mass is 279 g/mol. The molecule has 0 saturated carbocycles. The number of rotatable bonds is 5. The van der Waals surface area contributed by atoms with Gasteiger partial charge in [-0.2, -0.15) is 0 Å². The normalized spacial score (nSPS) is 10.7. The summed E-state index contributed by atoms with van der Waals surface area (Å²) < 4.78 is 18.8. The summed E-state index contributed by atoms with van der Waals surface area (Å²) in [5.41, 5.74) is 8.04. The van der Waals surface area contributed by atoms with Crippen LogP contribution < -0.4 is 5.73 Å². The Balaban J connectivity index is 1.94. The first-order valence-corrected chi connectivity index (χ1v) is 6.36. The molecular weight excluding hydrogens is 265 g/mol. The summed E-state index contributed by atoms with van der Waals surface area (Å²) >= 11 is 5.88. The van der Waals surface area contributed by atoms with Crippen LogP contribution in [0.5, 0.6) is 0 Å². The van der Waals surface area contributed by atoms with Gasteiger partial charge in [0.25, 0.3) is 0 Å². The van der Waals surface area contributed by atoms with Crippen LogP contribution in [-0.4, -0.2) is 0 Å². The third-order valence-corrected chi connectivity index (χ3v) is 2.91. The molecule has 0 saturated heterocycles. The summed E-state index contributed by atoms with van der Waals surface area (Å²) in [4.78, 5) is 0. The van der Waals surface area contributed by atoms with Crippen LogP contribution in [0.3, 0.4) is 0 Å². The zero-order chi connectivity index (χ0) is 13.7. The summed E-state index contributed by atoms with van der Waals surface area (Å²) in [6.45, 7) is 1.10. The topological polar surface area (TPSA) is 35.2 Å². The van der Waals surface area contributed by atoms with Crippen molar-refractivity contribution in [2.45, 2.75) is 19.8 Å². The molecule has 0 unspecified atom stereocenters. The second-order valence-electron chi connectivity index (χ2n) is 4.29. The number of benzene rings is 2. The van der Waals surface area contributed by atoms with E-state index in [4.69, 9.17) is 22.1 Å². The Morgan fingerprint density at radius 1 is 1.00 bits per heavy atom. The van der Waals surface area contributed by atoms with Gasteiger partial charge in [0.2, 0.25) is 0 Å². The smallest absolute Gasteiger partial charge is 0.123 e. The van der Waals surface area contributed by atoms with Crippen molar-refractivity contribution in [3.63, 3.8) is 0 Å². The molecule has 4 heteroatoms. The van der Waals surface area contributed by atoms with E-state index in [1.165, 1.54) is 12.1 Å². The quantitative estimate of drug-likeness (QED) is 0.907. The Bertz CT molecular complexity index is 560. The first-order chi connectivity index (χ1) is 9.17. The van der Waals surface area contributed by atoms with E-state index in [1.54, 1.807) is 0 Å². The van der Waals surface area contributed by atoms with Gasteiger partial charge in [-0.15, -0.1) is 0 Å². The molecule has 0 amide bonds. The van der Waals surface area contributed by atoms with Crippen molar-refractivity contribution in [3.05, 3.63) is 70.0 Å². The molecule has 2 rings (SSSR count). The molecule has 19 heavy (non-hydrogen) atoms. The van der Waals surface area contributed by atoms with Gasteiger partial charge >= 0.3 is 0 Å². The molecule has 0 spiro atoms. The van der Waals surface area contributed by atoms with Gasteiger partial charge in [0.15, 0.2) is 0 Å². The average Bonchev–Trinajstić information content (AvgIpc) is 2.38. The fraction of sp³-hybridized carbons (Fsp3) is 0.200. The van der Waals surface area contributed by atoms with Crippen molar-refractivity contribution in [2.75, 3.05) is 0 Å². The summed E-state index contributed by atoms with van der Waals surface area (Å²) in [6, 6.07) is 12.2. The zero-order valence-electron chi connectivity index (χ0n) is 10.4. The highest BCUT2D eigenvalue weighted by molar-refractivity contribution is 6.30. The van der Waals surface area contributed by atoms with Gasteiger partial charge in [-0.1, -0.05) is 29.8 Å².